The standard InChI is InChI=1S/C21H22ClN3O2/c1-21(2,3)16-7-4-14(5-8-16)20(27)24-11-10-19(26)25-17-9-6-15(13-23)18(22)12-17/h4-9,12H,10-11H2,1-3H3,(H,24,27)(H,25,26). The summed E-state index contributed by atoms with van der Waals surface area (Å²) in [6, 6.07) is 14.1. The molecule has 0 fully saturated rings. The molecule has 0 saturated carbocycles. The number of hydrogen-bond donors (Lipinski definition) is 2. The van der Waals surface area contributed by atoms with Gasteiger partial charge in [0.1, 0.15) is 6.07 Å². The topological polar surface area (TPSA) is 82.0 Å². The van der Waals surface area contributed by atoms with Crippen molar-refractivity contribution < 1.29 is 9.59 Å². The summed E-state index contributed by atoms with van der Waals surface area (Å²) < 4.78 is 0. The van der Waals surface area contributed by atoms with Gasteiger partial charge >= 0.3 is 0 Å². The molecular weight excluding hydrogens is 362 g/mol. The molecule has 2 N–H and O–H groups in total. The fraction of sp³-hybridized carbons (Fsp3) is 0.286. The third kappa shape index (κ3) is 5.83. The van der Waals surface area contributed by atoms with E-state index in [4.69, 9.17) is 16.9 Å². The minimum atomic E-state index is -0.251. The number of rotatable bonds is 5. The van der Waals surface area contributed by atoms with Crippen molar-refractivity contribution >= 4 is 29.1 Å². The second-order valence-corrected chi connectivity index (χ2v) is 7.60. The number of nitriles is 1. The molecule has 0 aliphatic heterocycles. The third-order valence-corrected chi connectivity index (χ3v) is 4.34. The second-order valence-electron chi connectivity index (χ2n) is 7.19. The van der Waals surface area contributed by atoms with E-state index in [-0.39, 0.29) is 35.2 Å². The molecule has 0 saturated heterocycles. The van der Waals surface area contributed by atoms with Crippen LogP contribution in [0, 0.1) is 11.3 Å². The van der Waals surface area contributed by atoms with Gasteiger partial charge in [0.15, 0.2) is 0 Å². The molecule has 6 heteroatoms. The fourth-order valence-electron chi connectivity index (χ4n) is 2.42. The lowest BCUT2D eigenvalue weighted by Gasteiger charge is -2.19. The first kappa shape index (κ1) is 20.5. The lowest BCUT2D eigenvalue weighted by molar-refractivity contribution is -0.116. The van der Waals surface area contributed by atoms with Crippen LogP contribution in [-0.4, -0.2) is 18.4 Å². The zero-order valence-electron chi connectivity index (χ0n) is 15.6. The number of amides is 2. The average molecular weight is 384 g/mol. The van der Waals surface area contributed by atoms with Gasteiger partial charge in [0.25, 0.3) is 5.91 Å². The van der Waals surface area contributed by atoms with Crippen LogP contribution in [0.2, 0.25) is 5.02 Å². The van der Waals surface area contributed by atoms with E-state index in [1.807, 2.05) is 18.2 Å². The van der Waals surface area contributed by atoms with E-state index in [1.54, 1.807) is 24.3 Å². The van der Waals surface area contributed by atoms with Gasteiger partial charge in [-0.15, -0.1) is 0 Å². The van der Waals surface area contributed by atoms with Gasteiger partial charge in [0.2, 0.25) is 5.91 Å². The summed E-state index contributed by atoms with van der Waals surface area (Å²) in [4.78, 5) is 24.2. The largest absolute Gasteiger partial charge is 0.352 e. The third-order valence-electron chi connectivity index (χ3n) is 4.02. The summed E-state index contributed by atoms with van der Waals surface area (Å²) in [6.45, 7) is 6.56. The van der Waals surface area contributed by atoms with Gasteiger partial charge in [-0.1, -0.05) is 44.5 Å². The first-order valence-electron chi connectivity index (χ1n) is 8.59. The Balaban J connectivity index is 1.83. The summed E-state index contributed by atoms with van der Waals surface area (Å²) in [5.74, 6) is -0.469. The van der Waals surface area contributed by atoms with Crippen LogP contribution >= 0.6 is 11.6 Å². The van der Waals surface area contributed by atoms with Crippen LogP contribution in [0.1, 0.15) is 48.7 Å². The molecule has 2 aromatic carbocycles. The SMILES string of the molecule is CC(C)(C)c1ccc(C(=O)NCCC(=O)Nc2ccc(C#N)c(Cl)c2)cc1. The summed E-state index contributed by atoms with van der Waals surface area (Å²) >= 11 is 5.94. The van der Waals surface area contributed by atoms with Gasteiger partial charge in [-0.05, 0) is 41.3 Å². The number of hydrogen-bond acceptors (Lipinski definition) is 3. The highest BCUT2D eigenvalue weighted by Crippen LogP contribution is 2.22. The summed E-state index contributed by atoms with van der Waals surface area (Å²) in [7, 11) is 0. The van der Waals surface area contributed by atoms with Crippen molar-refractivity contribution in [2.24, 2.45) is 0 Å². The molecule has 0 aliphatic carbocycles. The number of benzene rings is 2. The van der Waals surface area contributed by atoms with Crippen LogP contribution < -0.4 is 10.6 Å². The van der Waals surface area contributed by atoms with Crippen LogP contribution in [0.5, 0.6) is 0 Å². The Morgan fingerprint density at radius 2 is 1.78 bits per heavy atom. The van der Waals surface area contributed by atoms with Crippen LogP contribution in [0.15, 0.2) is 42.5 Å². The Bertz CT molecular complexity index is 878. The molecule has 0 bridgehead atoms. The van der Waals surface area contributed by atoms with Gasteiger partial charge in [-0.25, -0.2) is 0 Å². The van der Waals surface area contributed by atoms with E-state index in [0.717, 1.165) is 5.56 Å². The summed E-state index contributed by atoms with van der Waals surface area (Å²) in [5, 5.41) is 14.5. The van der Waals surface area contributed by atoms with Crippen molar-refractivity contribution in [2.45, 2.75) is 32.6 Å². The zero-order chi connectivity index (χ0) is 20.0. The van der Waals surface area contributed by atoms with E-state index in [2.05, 4.69) is 31.4 Å². The highest BCUT2D eigenvalue weighted by Gasteiger charge is 2.14. The van der Waals surface area contributed by atoms with E-state index in [9.17, 15) is 9.59 Å². The van der Waals surface area contributed by atoms with Gasteiger partial charge < -0.3 is 10.6 Å². The number of carbonyl (C=O) groups is 2. The second kappa shape index (κ2) is 8.70. The Morgan fingerprint density at radius 3 is 2.33 bits per heavy atom. The molecule has 2 rings (SSSR count). The van der Waals surface area contributed by atoms with Crippen LogP contribution in [0.25, 0.3) is 0 Å². The van der Waals surface area contributed by atoms with Gasteiger partial charge in [-0.3, -0.25) is 9.59 Å². The van der Waals surface area contributed by atoms with E-state index in [1.165, 1.54) is 6.07 Å². The van der Waals surface area contributed by atoms with Crippen molar-refractivity contribution in [3.8, 4) is 6.07 Å². The molecule has 0 aliphatic rings. The minimum Gasteiger partial charge on any atom is -0.352 e. The Kier molecular flexibility index (Phi) is 6.59. The van der Waals surface area contributed by atoms with Gasteiger partial charge in [0.05, 0.1) is 10.6 Å². The molecule has 0 unspecified atom stereocenters. The van der Waals surface area contributed by atoms with Gasteiger partial charge in [-0.2, -0.15) is 5.26 Å². The molecule has 2 aromatic rings. The fourth-order valence-corrected chi connectivity index (χ4v) is 2.64. The number of halogens is 1. The molecule has 0 aromatic heterocycles. The van der Waals surface area contributed by atoms with Crippen LogP contribution in [0.4, 0.5) is 5.69 Å². The molecule has 0 heterocycles. The van der Waals surface area contributed by atoms with Crippen molar-refractivity contribution in [1.82, 2.24) is 5.32 Å². The molecule has 27 heavy (non-hydrogen) atoms. The molecule has 5 nitrogen and oxygen atoms in total. The van der Waals surface area contributed by atoms with E-state index in [0.29, 0.717) is 16.8 Å². The summed E-state index contributed by atoms with van der Waals surface area (Å²) in [5.41, 5.74) is 2.59. The first-order valence-corrected chi connectivity index (χ1v) is 8.97. The number of carbonyl (C=O) groups excluding carboxylic acids is 2. The van der Waals surface area contributed by atoms with Crippen molar-refractivity contribution in [1.29, 1.82) is 5.26 Å². The highest BCUT2D eigenvalue weighted by atomic mass is 35.5. The zero-order valence-corrected chi connectivity index (χ0v) is 16.4. The molecule has 2 amide bonds. The maximum atomic E-state index is 12.2. The average Bonchev–Trinajstić information content (AvgIpc) is 2.61. The maximum absolute atomic E-state index is 12.2. The van der Waals surface area contributed by atoms with Gasteiger partial charge in [0, 0.05) is 24.2 Å². The Hall–Kier alpha value is -2.84. The van der Waals surface area contributed by atoms with E-state index >= 15 is 0 Å². The molecule has 0 radical (unpaired) electrons. The maximum Gasteiger partial charge on any atom is 0.251 e. The van der Waals surface area contributed by atoms with E-state index < -0.39 is 0 Å². The minimum absolute atomic E-state index is 0.0292. The molecular formula is C21H22ClN3O2. The first-order chi connectivity index (χ1) is 12.7. The number of nitrogens with one attached hydrogen (secondary N) is 2. The molecule has 140 valence electrons. The lowest BCUT2D eigenvalue weighted by Crippen LogP contribution is -2.27. The van der Waals surface area contributed by atoms with Crippen molar-refractivity contribution in [2.75, 3.05) is 11.9 Å². The van der Waals surface area contributed by atoms with Crippen molar-refractivity contribution in [3.05, 3.63) is 64.2 Å². The van der Waals surface area contributed by atoms with Crippen molar-refractivity contribution in [3.63, 3.8) is 0 Å². The highest BCUT2D eigenvalue weighted by molar-refractivity contribution is 6.32. The normalized spacial score (nSPS) is 10.8. The molecule has 0 atom stereocenters. The van der Waals surface area contributed by atoms with Crippen LogP contribution in [-0.2, 0) is 10.2 Å². The Morgan fingerprint density at radius 1 is 1.11 bits per heavy atom. The number of nitrogens with zero attached hydrogens (tertiary/aromatic N) is 1. The lowest BCUT2D eigenvalue weighted by atomic mass is 9.87. The smallest absolute Gasteiger partial charge is 0.251 e. The predicted octanol–water partition coefficient (Wildman–Crippen LogP) is 4.27. The Labute approximate surface area is 164 Å². The quantitative estimate of drug-likeness (QED) is 0.808. The van der Waals surface area contributed by atoms with Crippen LogP contribution in [0.3, 0.4) is 0 Å². The predicted molar refractivity (Wildman–Crippen MR) is 107 cm³/mol. The summed E-state index contributed by atoms with van der Waals surface area (Å²) in [6.07, 6.45) is 0.128. The number of anilines is 1. The molecule has 0 spiro atoms. The monoisotopic (exact) mass is 383 g/mol.